The van der Waals surface area contributed by atoms with Crippen LogP contribution in [0.3, 0.4) is 0 Å². The highest BCUT2D eigenvalue weighted by Gasteiger charge is 2.23. The molecule has 1 aromatic rings. The van der Waals surface area contributed by atoms with E-state index in [0.717, 1.165) is 5.69 Å². The highest BCUT2D eigenvalue weighted by molar-refractivity contribution is 9.09. The first-order valence-corrected chi connectivity index (χ1v) is 6.38. The molecule has 13 heavy (non-hydrogen) atoms. The predicted molar refractivity (Wildman–Crippen MR) is 62.8 cm³/mol. The second-order valence-electron chi connectivity index (χ2n) is 3.77. The Morgan fingerprint density at radius 1 is 1.38 bits per heavy atom. The van der Waals surface area contributed by atoms with E-state index in [2.05, 4.69) is 54.0 Å². The number of rotatable bonds is 3. The summed E-state index contributed by atoms with van der Waals surface area (Å²) >= 11 is 5.43. The van der Waals surface area contributed by atoms with Gasteiger partial charge in [0.15, 0.2) is 0 Å². The summed E-state index contributed by atoms with van der Waals surface area (Å²) in [4.78, 5) is 5.04. The van der Waals surface area contributed by atoms with Gasteiger partial charge in [-0.2, -0.15) is 0 Å². The van der Waals surface area contributed by atoms with Crippen LogP contribution >= 0.6 is 27.3 Å². The Morgan fingerprint density at radius 2 is 2.00 bits per heavy atom. The summed E-state index contributed by atoms with van der Waals surface area (Å²) in [6.45, 7) is 8.75. The molecule has 0 aliphatic rings. The molecular formula is C10H16BrNS. The lowest BCUT2D eigenvalue weighted by molar-refractivity contribution is 0.496. The first-order valence-electron chi connectivity index (χ1n) is 4.58. The average molecular weight is 262 g/mol. The molecule has 1 nitrogen and oxygen atoms in total. The van der Waals surface area contributed by atoms with Crippen molar-refractivity contribution < 1.29 is 0 Å². The molecule has 0 bridgehead atoms. The molecule has 0 aliphatic heterocycles. The van der Waals surface area contributed by atoms with Crippen molar-refractivity contribution in [2.45, 2.75) is 38.4 Å². The fourth-order valence-corrected chi connectivity index (χ4v) is 3.75. The third kappa shape index (κ3) is 2.78. The number of hydrogen-bond acceptors (Lipinski definition) is 2. The maximum absolute atomic E-state index is 4.54. The number of aryl methyl sites for hydroxylation is 1. The Hall–Kier alpha value is 0.110. The molecule has 1 aromatic heterocycles. The van der Waals surface area contributed by atoms with Crippen LogP contribution < -0.4 is 0 Å². The molecule has 0 saturated heterocycles. The average Bonchev–Trinajstić information content (AvgIpc) is 2.34. The number of nitrogens with zero attached hydrogens (tertiary/aromatic N) is 1. The largest absolute Gasteiger partial charge is 0.246 e. The minimum absolute atomic E-state index is 0.498. The molecule has 3 heteroatoms. The zero-order valence-electron chi connectivity index (χ0n) is 8.54. The van der Waals surface area contributed by atoms with E-state index < -0.39 is 0 Å². The van der Waals surface area contributed by atoms with E-state index in [1.807, 2.05) is 0 Å². The smallest absolute Gasteiger partial charge is 0.0972 e. The van der Waals surface area contributed by atoms with Crippen molar-refractivity contribution in [3.63, 3.8) is 0 Å². The zero-order chi connectivity index (χ0) is 10.0. The lowest BCUT2D eigenvalue weighted by atomic mass is 9.94. The summed E-state index contributed by atoms with van der Waals surface area (Å²) < 4.78 is 0. The minimum Gasteiger partial charge on any atom is -0.246 e. The number of hydrogen-bond donors (Lipinski definition) is 0. The molecule has 0 spiro atoms. The summed E-state index contributed by atoms with van der Waals surface area (Å²) in [6.07, 6.45) is 0. The molecule has 0 fully saturated rings. The van der Waals surface area contributed by atoms with Gasteiger partial charge in [0, 0.05) is 21.8 Å². The van der Waals surface area contributed by atoms with Crippen molar-refractivity contribution >= 4 is 27.3 Å². The molecule has 2 atom stereocenters. The third-order valence-corrected chi connectivity index (χ3v) is 3.77. The lowest BCUT2D eigenvalue weighted by Crippen LogP contribution is -2.15. The van der Waals surface area contributed by atoms with E-state index in [0.29, 0.717) is 16.7 Å². The van der Waals surface area contributed by atoms with E-state index in [1.54, 1.807) is 11.3 Å². The van der Waals surface area contributed by atoms with Crippen LogP contribution in [-0.2, 0) is 0 Å². The zero-order valence-corrected chi connectivity index (χ0v) is 10.9. The molecule has 0 N–H and O–H groups in total. The highest BCUT2D eigenvalue weighted by atomic mass is 79.9. The minimum atomic E-state index is 0.498. The Labute approximate surface area is 92.7 Å². The molecule has 0 saturated carbocycles. The molecule has 1 heterocycles. The monoisotopic (exact) mass is 261 g/mol. The Morgan fingerprint density at radius 3 is 2.31 bits per heavy atom. The molecule has 2 unspecified atom stereocenters. The van der Waals surface area contributed by atoms with Gasteiger partial charge in [-0.15, -0.1) is 11.3 Å². The third-order valence-electron chi connectivity index (χ3n) is 2.14. The van der Waals surface area contributed by atoms with Gasteiger partial charge in [0.2, 0.25) is 0 Å². The van der Waals surface area contributed by atoms with E-state index >= 15 is 0 Å². The molecule has 0 aliphatic carbocycles. The summed E-state index contributed by atoms with van der Waals surface area (Å²) in [7, 11) is 0. The van der Waals surface area contributed by atoms with Crippen LogP contribution in [0.2, 0.25) is 0 Å². The fourth-order valence-electron chi connectivity index (χ4n) is 1.54. The first kappa shape index (κ1) is 11.2. The lowest BCUT2D eigenvalue weighted by Gasteiger charge is -2.20. The molecule has 1 rings (SSSR count). The van der Waals surface area contributed by atoms with Gasteiger partial charge in [-0.25, -0.2) is 4.98 Å². The molecule has 0 aromatic carbocycles. The number of halogens is 1. The first-order chi connectivity index (χ1) is 6.02. The van der Waals surface area contributed by atoms with Gasteiger partial charge in [-0.05, 0) is 12.8 Å². The Kier molecular flexibility index (Phi) is 3.92. The Bertz CT molecular complexity index is 260. The van der Waals surface area contributed by atoms with Crippen molar-refractivity contribution in [2.75, 3.05) is 0 Å². The number of thiazole rings is 1. The predicted octanol–water partition coefficient (Wildman–Crippen LogP) is 3.97. The maximum Gasteiger partial charge on any atom is 0.0972 e. The summed E-state index contributed by atoms with van der Waals surface area (Å²) in [6, 6.07) is 0. The number of alkyl halides is 1. The van der Waals surface area contributed by atoms with Crippen LogP contribution in [0.5, 0.6) is 0 Å². The second-order valence-corrected chi connectivity index (χ2v) is 6.11. The normalized spacial score (nSPS) is 16.2. The van der Waals surface area contributed by atoms with Crippen molar-refractivity contribution in [2.24, 2.45) is 5.92 Å². The van der Waals surface area contributed by atoms with Gasteiger partial charge < -0.3 is 0 Å². The van der Waals surface area contributed by atoms with Gasteiger partial charge in [0.1, 0.15) is 0 Å². The maximum atomic E-state index is 4.54. The van der Waals surface area contributed by atoms with Crippen molar-refractivity contribution in [1.29, 1.82) is 0 Å². The molecule has 0 radical (unpaired) electrons. The molecule has 74 valence electrons. The van der Waals surface area contributed by atoms with Crippen LogP contribution in [0.15, 0.2) is 5.38 Å². The van der Waals surface area contributed by atoms with Crippen LogP contribution in [0.1, 0.15) is 37.4 Å². The summed E-state index contributed by atoms with van der Waals surface area (Å²) in [5, 5.41) is 3.39. The number of aromatic nitrogens is 1. The Balaban J connectivity index is 2.88. The van der Waals surface area contributed by atoms with E-state index in [1.165, 1.54) is 5.01 Å². The molecular weight excluding hydrogens is 246 g/mol. The van der Waals surface area contributed by atoms with Gasteiger partial charge in [-0.3, -0.25) is 0 Å². The van der Waals surface area contributed by atoms with E-state index in [9.17, 15) is 0 Å². The second kappa shape index (κ2) is 4.56. The van der Waals surface area contributed by atoms with Gasteiger partial charge in [0.25, 0.3) is 0 Å². The standard InChI is InChI=1S/C10H16BrNS/c1-6(2)9(8(4)11)10-12-7(3)5-13-10/h5-6,8-9H,1-4H3. The quantitative estimate of drug-likeness (QED) is 0.751. The van der Waals surface area contributed by atoms with E-state index in [-0.39, 0.29) is 0 Å². The summed E-state index contributed by atoms with van der Waals surface area (Å²) in [5.41, 5.74) is 1.14. The highest BCUT2D eigenvalue weighted by Crippen LogP contribution is 2.33. The van der Waals surface area contributed by atoms with Gasteiger partial charge >= 0.3 is 0 Å². The van der Waals surface area contributed by atoms with E-state index in [4.69, 9.17) is 0 Å². The van der Waals surface area contributed by atoms with Crippen LogP contribution in [0.4, 0.5) is 0 Å². The molecule has 0 amide bonds. The van der Waals surface area contributed by atoms with Crippen molar-refractivity contribution in [1.82, 2.24) is 4.98 Å². The van der Waals surface area contributed by atoms with Crippen molar-refractivity contribution in [3.05, 3.63) is 16.1 Å². The van der Waals surface area contributed by atoms with Crippen LogP contribution in [0.25, 0.3) is 0 Å². The summed E-state index contributed by atoms with van der Waals surface area (Å²) in [5.74, 6) is 1.18. The van der Waals surface area contributed by atoms with Crippen LogP contribution in [-0.4, -0.2) is 9.81 Å². The van der Waals surface area contributed by atoms with Gasteiger partial charge in [0.05, 0.1) is 5.01 Å². The topological polar surface area (TPSA) is 12.9 Å². The fraction of sp³-hybridized carbons (Fsp3) is 0.700. The SMILES string of the molecule is Cc1csc(C(C(C)C)C(C)Br)n1. The van der Waals surface area contributed by atoms with Gasteiger partial charge in [-0.1, -0.05) is 36.7 Å². The van der Waals surface area contributed by atoms with Crippen LogP contribution in [0, 0.1) is 12.8 Å². The van der Waals surface area contributed by atoms with Crippen molar-refractivity contribution in [3.8, 4) is 0 Å².